The van der Waals surface area contributed by atoms with Gasteiger partial charge in [-0.1, -0.05) is 13.8 Å². The van der Waals surface area contributed by atoms with Crippen LogP contribution in [0, 0.1) is 5.92 Å². The molecule has 0 amide bonds. The van der Waals surface area contributed by atoms with Gasteiger partial charge in [-0.25, -0.2) is 0 Å². The zero-order valence-corrected chi connectivity index (χ0v) is 6.26. The minimum Gasteiger partial charge on any atom is -0.396 e. The van der Waals surface area contributed by atoms with Crippen molar-refractivity contribution in [2.75, 3.05) is 6.61 Å². The highest BCUT2D eigenvalue weighted by Crippen LogP contribution is 2.00. The van der Waals surface area contributed by atoms with Gasteiger partial charge in [0, 0.05) is 6.61 Å². The van der Waals surface area contributed by atoms with Gasteiger partial charge in [-0.3, -0.25) is 0 Å². The van der Waals surface area contributed by atoms with Crippen LogP contribution in [0.15, 0.2) is 0 Å². The second-order valence-electron chi connectivity index (χ2n) is 2.26. The van der Waals surface area contributed by atoms with Gasteiger partial charge in [-0.2, -0.15) is 0 Å². The summed E-state index contributed by atoms with van der Waals surface area (Å²) >= 11 is 0. The van der Waals surface area contributed by atoms with Gasteiger partial charge in [0.25, 0.3) is 0 Å². The second kappa shape index (κ2) is 10.6. The molecule has 0 rings (SSSR count). The largest absolute Gasteiger partial charge is 0.396 e. The van der Waals surface area contributed by atoms with Crippen molar-refractivity contribution in [3.63, 3.8) is 0 Å². The first-order valence-corrected chi connectivity index (χ1v) is 3.17. The standard InChI is InChI=1S/C6H14O.CH2O/c1-6(2)4-3-5-7;1-2/h6-7H,3-5H2,1-2H3;1H2. The molecule has 0 aromatic carbocycles. The molecule has 0 aromatic rings. The fraction of sp³-hybridized carbons (Fsp3) is 0.857. The van der Waals surface area contributed by atoms with Gasteiger partial charge in [0.1, 0.15) is 6.79 Å². The molecular formula is C7H16O2. The van der Waals surface area contributed by atoms with Crippen molar-refractivity contribution >= 4 is 6.79 Å². The molecular weight excluding hydrogens is 116 g/mol. The lowest BCUT2D eigenvalue weighted by Gasteiger charge is -1.98. The van der Waals surface area contributed by atoms with Crippen molar-refractivity contribution in [2.24, 2.45) is 5.92 Å². The fourth-order valence-electron chi connectivity index (χ4n) is 0.500. The molecule has 0 saturated carbocycles. The summed E-state index contributed by atoms with van der Waals surface area (Å²) in [6.07, 6.45) is 2.11. The number of rotatable bonds is 3. The highest BCUT2D eigenvalue weighted by Gasteiger charge is 1.89. The van der Waals surface area contributed by atoms with Crippen molar-refractivity contribution in [2.45, 2.75) is 26.7 Å². The molecule has 0 bridgehead atoms. The molecule has 0 spiro atoms. The molecule has 2 heteroatoms. The van der Waals surface area contributed by atoms with Gasteiger partial charge in [0.15, 0.2) is 0 Å². The van der Waals surface area contributed by atoms with Crippen molar-refractivity contribution in [1.29, 1.82) is 0 Å². The number of carbonyl (C=O) groups is 1. The Morgan fingerprint density at radius 1 is 1.44 bits per heavy atom. The van der Waals surface area contributed by atoms with Crippen molar-refractivity contribution in [3.8, 4) is 0 Å². The molecule has 0 unspecified atom stereocenters. The Morgan fingerprint density at radius 2 is 1.89 bits per heavy atom. The summed E-state index contributed by atoms with van der Waals surface area (Å²) in [5.41, 5.74) is 0. The van der Waals surface area contributed by atoms with Crippen LogP contribution in [0.1, 0.15) is 26.7 Å². The molecule has 0 aromatic heterocycles. The zero-order chi connectivity index (χ0) is 7.70. The van der Waals surface area contributed by atoms with Crippen LogP contribution in [0.3, 0.4) is 0 Å². The molecule has 0 radical (unpaired) electrons. The SMILES string of the molecule is C=O.CC(C)CCCO. The third-order valence-electron chi connectivity index (χ3n) is 0.940. The maximum Gasteiger partial charge on any atom is 0.106 e. The Labute approximate surface area is 56.9 Å². The summed E-state index contributed by atoms with van der Waals surface area (Å²) < 4.78 is 0. The van der Waals surface area contributed by atoms with E-state index in [0.717, 1.165) is 18.8 Å². The number of carbonyl (C=O) groups excluding carboxylic acids is 1. The Bertz CT molecular complexity index is 44.2. The first kappa shape index (κ1) is 11.4. The molecule has 0 aliphatic rings. The van der Waals surface area contributed by atoms with Crippen LogP contribution in [0.5, 0.6) is 0 Å². The Kier molecular flexibility index (Phi) is 13.4. The Morgan fingerprint density at radius 3 is 2.00 bits per heavy atom. The first-order chi connectivity index (χ1) is 4.27. The summed E-state index contributed by atoms with van der Waals surface area (Å²) in [5, 5.41) is 8.32. The Hall–Kier alpha value is -0.370. The third-order valence-corrected chi connectivity index (χ3v) is 0.940. The first-order valence-electron chi connectivity index (χ1n) is 3.17. The van der Waals surface area contributed by atoms with E-state index in [1.165, 1.54) is 0 Å². The van der Waals surface area contributed by atoms with E-state index in [1.54, 1.807) is 0 Å². The van der Waals surface area contributed by atoms with E-state index in [-0.39, 0.29) is 0 Å². The minimum absolute atomic E-state index is 0.345. The van der Waals surface area contributed by atoms with Gasteiger partial charge >= 0.3 is 0 Å². The smallest absolute Gasteiger partial charge is 0.106 e. The number of aliphatic hydroxyl groups excluding tert-OH is 1. The van der Waals surface area contributed by atoms with E-state index in [1.807, 2.05) is 6.79 Å². The maximum atomic E-state index is 8.32. The van der Waals surface area contributed by atoms with Gasteiger partial charge in [0.05, 0.1) is 0 Å². The number of hydrogen-bond acceptors (Lipinski definition) is 2. The number of hydrogen-bond donors (Lipinski definition) is 1. The van der Waals surface area contributed by atoms with Gasteiger partial charge in [-0.15, -0.1) is 0 Å². The van der Waals surface area contributed by atoms with E-state index in [0.29, 0.717) is 6.61 Å². The molecule has 56 valence electrons. The monoisotopic (exact) mass is 132 g/mol. The van der Waals surface area contributed by atoms with Crippen molar-refractivity contribution in [1.82, 2.24) is 0 Å². The molecule has 0 saturated heterocycles. The van der Waals surface area contributed by atoms with E-state index < -0.39 is 0 Å². The second-order valence-corrected chi connectivity index (χ2v) is 2.26. The Balaban J connectivity index is 0. The molecule has 9 heavy (non-hydrogen) atoms. The van der Waals surface area contributed by atoms with Crippen molar-refractivity contribution < 1.29 is 9.90 Å². The van der Waals surface area contributed by atoms with Crippen LogP contribution in [-0.2, 0) is 4.79 Å². The predicted octanol–water partition coefficient (Wildman–Crippen LogP) is 1.23. The third kappa shape index (κ3) is 18.4. The van der Waals surface area contributed by atoms with E-state index in [2.05, 4.69) is 13.8 Å². The fourth-order valence-corrected chi connectivity index (χ4v) is 0.500. The molecule has 0 aliphatic carbocycles. The van der Waals surface area contributed by atoms with E-state index in [9.17, 15) is 0 Å². The molecule has 0 atom stereocenters. The van der Waals surface area contributed by atoms with Gasteiger partial charge in [0.2, 0.25) is 0 Å². The summed E-state index contributed by atoms with van der Waals surface area (Å²) in [7, 11) is 0. The minimum atomic E-state index is 0.345. The van der Waals surface area contributed by atoms with E-state index in [4.69, 9.17) is 9.90 Å². The average molecular weight is 132 g/mol. The van der Waals surface area contributed by atoms with Crippen LogP contribution in [-0.4, -0.2) is 18.5 Å². The summed E-state index contributed by atoms with van der Waals surface area (Å²) in [6.45, 7) is 6.67. The molecule has 0 aliphatic heterocycles. The highest BCUT2D eigenvalue weighted by molar-refractivity contribution is 5.10. The van der Waals surface area contributed by atoms with Gasteiger partial charge in [-0.05, 0) is 18.8 Å². The van der Waals surface area contributed by atoms with Gasteiger partial charge < -0.3 is 9.90 Å². The highest BCUT2D eigenvalue weighted by atomic mass is 16.2. The average Bonchev–Trinajstić information content (AvgIpc) is 1.88. The lowest BCUT2D eigenvalue weighted by atomic mass is 10.1. The predicted molar refractivity (Wildman–Crippen MR) is 38.3 cm³/mol. The number of aliphatic hydroxyl groups is 1. The normalized spacial score (nSPS) is 8.44. The van der Waals surface area contributed by atoms with Crippen LogP contribution < -0.4 is 0 Å². The molecule has 1 N–H and O–H groups in total. The zero-order valence-electron chi connectivity index (χ0n) is 6.26. The van der Waals surface area contributed by atoms with Crippen LogP contribution >= 0.6 is 0 Å². The van der Waals surface area contributed by atoms with Crippen LogP contribution in [0.4, 0.5) is 0 Å². The molecule has 0 heterocycles. The summed E-state index contributed by atoms with van der Waals surface area (Å²) in [6, 6.07) is 0. The van der Waals surface area contributed by atoms with Crippen LogP contribution in [0.2, 0.25) is 0 Å². The lowest BCUT2D eigenvalue weighted by Crippen LogP contribution is -1.89. The van der Waals surface area contributed by atoms with E-state index >= 15 is 0 Å². The summed E-state index contributed by atoms with van der Waals surface area (Å²) in [5.74, 6) is 0.743. The topological polar surface area (TPSA) is 37.3 Å². The lowest BCUT2D eigenvalue weighted by molar-refractivity contribution is -0.0979. The quantitative estimate of drug-likeness (QED) is 0.627. The summed E-state index contributed by atoms with van der Waals surface area (Å²) in [4.78, 5) is 8.00. The molecule has 0 fully saturated rings. The maximum absolute atomic E-state index is 8.32. The van der Waals surface area contributed by atoms with Crippen LogP contribution in [0.25, 0.3) is 0 Å². The molecule has 2 nitrogen and oxygen atoms in total. The van der Waals surface area contributed by atoms with Crippen molar-refractivity contribution in [3.05, 3.63) is 0 Å².